The zero-order valence-electron chi connectivity index (χ0n) is 11.7. The van der Waals surface area contributed by atoms with Crippen LogP contribution in [0.4, 0.5) is 0 Å². The predicted molar refractivity (Wildman–Crippen MR) is 65.0 cm³/mol. The molecular weight excluding hydrogens is 248 g/mol. The summed E-state index contributed by atoms with van der Waals surface area (Å²) in [6.45, 7) is 6.54. The Morgan fingerprint density at radius 1 is 1.11 bits per heavy atom. The molecule has 1 N–H and O–H groups in total. The molecule has 5 heteroatoms. The van der Waals surface area contributed by atoms with Gasteiger partial charge in [0.05, 0.1) is 12.7 Å². The summed E-state index contributed by atoms with van der Waals surface area (Å²) in [6.07, 6.45) is 1.14. The SMILES string of the molecule is CC1(C)O[C@H]2O[C@H]3[C@@H](CC[C@@]4(C)C(O)OC[C@@H]34)[C@H]2O1. The van der Waals surface area contributed by atoms with E-state index in [4.69, 9.17) is 18.9 Å². The molecule has 0 aromatic heterocycles. The van der Waals surface area contributed by atoms with Crippen molar-refractivity contribution in [2.75, 3.05) is 6.61 Å². The van der Waals surface area contributed by atoms with Gasteiger partial charge >= 0.3 is 0 Å². The van der Waals surface area contributed by atoms with Crippen LogP contribution < -0.4 is 0 Å². The van der Waals surface area contributed by atoms with Gasteiger partial charge in [-0.05, 0) is 26.7 Å². The molecule has 3 heterocycles. The van der Waals surface area contributed by atoms with E-state index in [0.29, 0.717) is 12.5 Å². The molecule has 108 valence electrons. The molecule has 1 aliphatic carbocycles. The molecule has 0 amide bonds. The maximum Gasteiger partial charge on any atom is 0.187 e. The van der Waals surface area contributed by atoms with Gasteiger partial charge < -0.3 is 24.1 Å². The van der Waals surface area contributed by atoms with E-state index in [-0.39, 0.29) is 29.8 Å². The van der Waals surface area contributed by atoms with Crippen molar-refractivity contribution in [3.63, 3.8) is 0 Å². The molecule has 4 rings (SSSR count). The fourth-order valence-corrected chi connectivity index (χ4v) is 4.33. The Kier molecular flexibility index (Phi) is 2.45. The fourth-order valence-electron chi connectivity index (χ4n) is 4.33. The minimum atomic E-state index is -0.666. The standard InChI is InChI=1S/C14H22O5/c1-13(2)18-10-7-4-5-14(3)8(6-16-12(14)15)9(7)17-11(10)19-13/h7-12,15H,4-6H2,1-3H3/t7-,8+,9+,10-,11-,12?,14-/m1/s1. The molecule has 0 aromatic carbocycles. The van der Waals surface area contributed by atoms with E-state index in [0.717, 1.165) is 12.8 Å². The second-order valence-corrected chi connectivity index (χ2v) is 7.07. The summed E-state index contributed by atoms with van der Waals surface area (Å²) < 4.78 is 23.4. The Morgan fingerprint density at radius 2 is 1.89 bits per heavy atom. The van der Waals surface area contributed by atoms with Gasteiger partial charge in [-0.15, -0.1) is 0 Å². The van der Waals surface area contributed by atoms with E-state index < -0.39 is 12.1 Å². The number of hydrogen-bond acceptors (Lipinski definition) is 5. The summed E-state index contributed by atoms with van der Waals surface area (Å²) >= 11 is 0. The molecule has 7 atom stereocenters. The van der Waals surface area contributed by atoms with Crippen molar-refractivity contribution in [3.8, 4) is 0 Å². The first-order valence-corrected chi connectivity index (χ1v) is 7.21. The Labute approximate surface area is 113 Å². The van der Waals surface area contributed by atoms with Crippen molar-refractivity contribution in [2.45, 2.75) is 64.2 Å². The summed E-state index contributed by atoms with van der Waals surface area (Å²) in [5, 5.41) is 10.0. The highest BCUT2D eigenvalue weighted by Crippen LogP contribution is 2.56. The van der Waals surface area contributed by atoms with E-state index in [1.165, 1.54) is 0 Å². The lowest BCUT2D eigenvalue weighted by molar-refractivity contribution is -0.226. The van der Waals surface area contributed by atoms with Crippen molar-refractivity contribution in [1.82, 2.24) is 0 Å². The van der Waals surface area contributed by atoms with Crippen molar-refractivity contribution >= 4 is 0 Å². The first kappa shape index (κ1) is 12.5. The number of rotatable bonds is 0. The van der Waals surface area contributed by atoms with Crippen LogP contribution in [0.5, 0.6) is 0 Å². The lowest BCUT2D eigenvalue weighted by Gasteiger charge is -2.43. The van der Waals surface area contributed by atoms with Gasteiger partial charge in [-0.2, -0.15) is 0 Å². The van der Waals surface area contributed by atoms with E-state index in [2.05, 4.69) is 6.92 Å². The van der Waals surface area contributed by atoms with Crippen LogP contribution in [0.1, 0.15) is 33.6 Å². The van der Waals surface area contributed by atoms with Crippen molar-refractivity contribution in [1.29, 1.82) is 0 Å². The van der Waals surface area contributed by atoms with Gasteiger partial charge in [0.2, 0.25) is 0 Å². The zero-order valence-corrected chi connectivity index (χ0v) is 11.7. The summed E-state index contributed by atoms with van der Waals surface area (Å²) in [6, 6.07) is 0. The van der Waals surface area contributed by atoms with Crippen molar-refractivity contribution < 1.29 is 24.1 Å². The summed E-state index contributed by atoms with van der Waals surface area (Å²) in [7, 11) is 0. The first-order valence-electron chi connectivity index (χ1n) is 7.21. The van der Waals surface area contributed by atoms with Gasteiger partial charge in [-0.1, -0.05) is 6.92 Å². The van der Waals surface area contributed by atoms with E-state index in [1.54, 1.807) is 0 Å². The van der Waals surface area contributed by atoms with E-state index >= 15 is 0 Å². The van der Waals surface area contributed by atoms with Crippen LogP contribution in [0.25, 0.3) is 0 Å². The number of aliphatic hydroxyl groups excluding tert-OH is 1. The minimum Gasteiger partial charge on any atom is -0.367 e. The van der Waals surface area contributed by atoms with Gasteiger partial charge in [-0.3, -0.25) is 0 Å². The number of ether oxygens (including phenoxy) is 4. The normalized spacial score (nSPS) is 58.7. The third-order valence-electron chi connectivity index (χ3n) is 5.48. The maximum atomic E-state index is 10.0. The quantitative estimate of drug-likeness (QED) is 0.718. The molecule has 4 aliphatic rings. The third-order valence-corrected chi connectivity index (χ3v) is 5.48. The summed E-state index contributed by atoms with van der Waals surface area (Å²) in [5.74, 6) is 0.0492. The van der Waals surface area contributed by atoms with Crippen LogP contribution in [-0.4, -0.2) is 42.3 Å². The van der Waals surface area contributed by atoms with Gasteiger partial charge in [0.15, 0.2) is 18.4 Å². The van der Waals surface area contributed by atoms with Crippen LogP contribution in [0, 0.1) is 17.3 Å². The molecule has 4 fully saturated rings. The van der Waals surface area contributed by atoms with Crippen LogP contribution in [0.2, 0.25) is 0 Å². The molecule has 3 saturated heterocycles. The molecule has 3 aliphatic heterocycles. The topological polar surface area (TPSA) is 57.2 Å². The zero-order chi connectivity index (χ0) is 13.4. The van der Waals surface area contributed by atoms with Gasteiger partial charge in [0.1, 0.15) is 6.10 Å². The highest BCUT2D eigenvalue weighted by Gasteiger charge is 2.63. The lowest BCUT2D eigenvalue weighted by atomic mass is 9.63. The number of aliphatic hydroxyl groups is 1. The second-order valence-electron chi connectivity index (χ2n) is 7.07. The van der Waals surface area contributed by atoms with E-state index in [9.17, 15) is 5.11 Å². The maximum absolute atomic E-state index is 10.0. The average Bonchev–Trinajstić information content (AvgIpc) is 2.88. The van der Waals surface area contributed by atoms with Gasteiger partial charge in [-0.25, -0.2) is 0 Å². The highest BCUT2D eigenvalue weighted by atomic mass is 16.8. The number of hydrogen-bond donors (Lipinski definition) is 1. The predicted octanol–water partition coefficient (Wildman–Crippen LogP) is 1.24. The van der Waals surface area contributed by atoms with Crippen LogP contribution in [0.15, 0.2) is 0 Å². The van der Waals surface area contributed by atoms with Gasteiger partial charge in [0.25, 0.3) is 0 Å². The summed E-state index contributed by atoms with van der Waals surface area (Å²) in [4.78, 5) is 0. The fraction of sp³-hybridized carbons (Fsp3) is 1.00. The molecule has 1 saturated carbocycles. The monoisotopic (exact) mass is 270 g/mol. The molecule has 5 nitrogen and oxygen atoms in total. The van der Waals surface area contributed by atoms with E-state index in [1.807, 2.05) is 13.8 Å². The Morgan fingerprint density at radius 3 is 2.68 bits per heavy atom. The van der Waals surface area contributed by atoms with Crippen LogP contribution in [0.3, 0.4) is 0 Å². The number of fused-ring (bicyclic) bond motifs is 5. The first-order chi connectivity index (χ1) is 8.91. The minimum absolute atomic E-state index is 0.0299. The van der Waals surface area contributed by atoms with Crippen molar-refractivity contribution in [3.05, 3.63) is 0 Å². The Balaban J connectivity index is 1.60. The summed E-state index contributed by atoms with van der Waals surface area (Å²) in [5.41, 5.74) is -0.185. The molecule has 0 spiro atoms. The molecular formula is C14H22O5. The average molecular weight is 270 g/mol. The van der Waals surface area contributed by atoms with Crippen LogP contribution in [-0.2, 0) is 18.9 Å². The lowest BCUT2D eigenvalue weighted by Crippen LogP contribution is -2.48. The Bertz CT molecular complexity index is 397. The molecule has 1 unspecified atom stereocenters. The largest absolute Gasteiger partial charge is 0.367 e. The molecule has 0 bridgehead atoms. The van der Waals surface area contributed by atoms with Crippen LogP contribution >= 0.6 is 0 Å². The second kappa shape index (κ2) is 3.71. The smallest absolute Gasteiger partial charge is 0.187 e. The van der Waals surface area contributed by atoms with Gasteiger partial charge in [0, 0.05) is 17.3 Å². The molecule has 0 radical (unpaired) electrons. The Hall–Kier alpha value is -0.200. The van der Waals surface area contributed by atoms with Crippen molar-refractivity contribution in [2.24, 2.45) is 17.3 Å². The molecule has 0 aromatic rings. The third kappa shape index (κ3) is 1.59. The highest BCUT2D eigenvalue weighted by molar-refractivity contribution is 5.06. The molecule has 19 heavy (non-hydrogen) atoms.